The molecule has 0 fully saturated rings. The zero-order chi connectivity index (χ0) is 30.2. The van der Waals surface area contributed by atoms with Crippen molar-refractivity contribution in [2.75, 3.05) is 0 Å². The third-order valence-electron chi connectivity index (χ3n) is 9.15. The van der Waals surface area contributed by atoms with Crippen molar-refractivity contribution in [3.63, 3.8) is 0 Å². The molecule has 0 unspecified atom stereocenters. The van der Waals surface area contributed by atoms with Crippen LogP contribution in [0.4, 0.5) is 0 Å². The summed E-state index contributed by atoms with van der Waals surface area (Å²) in [6, 6.07) is 50.8. The normalized spacial score (nSPS) is 11.9. The lowest BCUT2D eigenvalue weighted by molar-refractivity contribution is 1.02. The van der Waals surface area contributed by atoms with E-state index < -0.39 is 0 Å². The monoisotopic (exact) mass is 587 g/mol. The Morgan fingerprint density at radius 1 is 0.413 bits per heavy atom. The Hall–Kier alpha value is -6.33. The van der Waals surface area contributed by atoms with E-state index in [9.17, 15) is 0 Å². The second-order valence-corrected chi connectivity index (χ2v) is 11.7. The predicted molar refractivity (Wildman–Crippen MR) is 189 cm³/mol. The van der Waals surface area contributed by atoms with Crippen LogP contribution in [0.25, 0.3) is 88.3 Å². The number of fused-ring (bicyclic) bond motifs is 10. The van der Waals surface area contributed by atoms with Crippen LogP contribution in [-0.2, 0) is 0 Å². The molecule has 5 heteroatoms. The molecule has 5 nitrogen and oxygen atoms in total. The van der Waals surface area contributed by atoms with E-state index in [0.29, 0.717) is 5.95 Å². The van der Waals surface area contributed by atoms with E-state index in [0.717, 1.165) is 71.6 Å². The van der Waals surface area contributed by atoms with E-state index >= 15 is 0 Å². The summed E-state index contributed by atoms with van der Waals surface area (Å²) >= 11 is 0. The molecule has 0 aliphatic rings. The van der Waals surface area contributed by atoms with Crippen molar-refractivity contribution in [2.45, 2.75) is 0 Å². The first-order valence-corrected chi connectivity index (χ1v) is 15.5. The van der Waals surface area contributed by atoms with E-state index in [4.69, 9.17) is 15.0 Å². The number of hydrogen-bond acceptors (Lipinski definition) is 3. The van der Waals surface area contributed by atoms with Crippen LogP contribution in [0.2, 0.25) is 0 Å². The molecule has 10 rings (SSSR count). The van der Waals surface area contributed by atoms with Gasteiger partial charge in [-0.1, -0.05) is 109 Å². The summed E-state index contributed by atoms with van der Waals surface area (Å²) in [5.74, 6) is 0.639. The lowest BCUT2D eigenvalue weighted by Gasteiger charge is -2.13. The number of pyridine rings is 1. The molecule has 0 saturated carbocycles. The van der Waals surface area contributed by atoms with Crippen LogP contribution >= 0.6 is 0 Å². The standard InChI is InChI=1S/C41H25N5/c1-3-13-26(14-4-1)37-31-19-7-10-20-34(31)43-41(44-37)46-36-22-12-9-18-29(36)33-25-42-38-32(39(33)46)24-23-30-28-17-8-11-21-35(28)45(40(30)38)27-15-5-2-6-16-27/h1-25H. The van der Waals surface area contributed by atoms with Gasteiger partial charge >= 0.3 is 0 Å². The second kappa shape index (κ2) is 9.58. The van der Waals surface area contributed by atoms with Crippen molar-refractivity contribution in [3.8, 4) is 22.9 Å². The number of aromatic nitrogens is 5. The van der Waals surface area contributed by atoms with Gasteiger partial charge in [0.05, 0.1) is 38.8 Å². The topological polar surface area (TPSA) is 48.5 Å². The predicted octanol–water partition coefficient (Wildman–Crippen LogP) is 10.0. The van der Waals surface area contributed by atoms with Crippen molar-refractivity contribution in [2.24, 2.45) is 0 Å². The average Bonchev–Trinajstić information content (AvgIpc) is 3.65. The molecular formula is C41H25N5. The van der Waals surface area contributed by atoms with Crippen LogP contribution in [0, 0.1) is 0 Å². The van der Waals surface area contributed by atoms with E-state index in [-0.39, 0.29) is 0 Å². The van der Waals surface area contributed by atoms with Crippen molar-refractivity contribution < 1.29 is 0 Å². The van der Waals surface area contributed by atoms with Crippen LogP contribution in [0.3, 0.4) is 0 Å². The van der Waals surface area contributed by atoms with Crippen LogP contribution < -0.4 is 0 Å². The van der Waals surface area contributed by atoms with Gasteiger partial charge in [-0.2, -0.15) is 0 Å². The summed E-state index contributed by atoms with van der Waals surface area (Å²) in [6.07, 6.45) is 2.03. The van der Waals surface area contributed by atoms with Crippen LogP contribution in [0.1, 0.15) is 0 Å². The van der Waals surface area contributed by atoms with Gasteiger partial charge in [0.1, 0.15) is 0 Å². The maximum absolute atomic E-state index is 5.31. The van der Waals surface area contributed by atoms with Gasteiger partial charge in [-0.3, -0.25) is 9.55 Å². The van der Waals surface area contributed by atoms with Gasteiger partial charge in [-0.15, -0.1) is 0 Å². The Bertz CT molecular complexity index is 2790. The number of hydrogen-bond donors (Lipinski definition) is 0. The highest BCUT2D eigenvalue weighted by molar-refractivity contribution is 6.24. The molecule has 0 amide bonds. The molecule has 4 aromatic heterocycles. The molecule has 214 valence electrons. The third kappa shape index (κ3) is 3.48. The number of para-hydroxylation sites is 4. The van der Waals surface area contributed by atoms with Crippen molar-refractivity contribution in [3.05, 3.63) is 152 Å². The maximum Gasteiger partial charge on any atom is 0.235 e. The molecule has 46 heavy (non-hydrogen) atoms. The highest BCUT2D eigenvalue weighted by Gasteiger charge is 2.22. The first-order chi connectivity index (χ1) is 22.8. The first-order valence-electron chi connectivity index (χ1n) is 15.5. The molecule has 0 saturated heterocycles. The van der Waals surface area contributed by atoms with Gasteiger partial charge in [0.25, 0.3) is 0 Å². The smallest absolute Gasteiger partial charge is 0.235 e. The summed E-state index contributed by atoms with van der Waals surface area (Å²) in [6.45, 7) is 0. The lowest BCUT2D eigenvalue weighted by Crippen LogP contribution is -2.04. The molecule has 0 bridgehead atoms. The van der Waals surface area contributed by atoms with E-state index in [2.05, 4.69) is 143 Å². The minimum absolute atomic E-state index is 0.639. The van der Waals surface area contributed by atoms with Gasteiger partial charge < -0.3 is 4.57 Å². The molecule has 0 atom stereocenters. The summed E-state index contributed by atoms with van der Waals surface area (Å²) in [7, 11) is 0. The van der Waals surface area contributed by atoms with E-state index in [1.807, 2.05) is 18.3 Å². The van der Waals surface area contributed by atoms with Gasteiger partial charge in [-0.05, 0) is 36.4 Å². The number of benzene rings is 6. The number of rotatable bonds is 3. The molecule has 0 radical (unpaired) electrons. The Morgan fingerprint density at radius 3 is 1.80 bits per heavy atom. The Morgan fingerprint density at radius 2 is 1.02 bits per heavy atom. The highest BCUT2D eigenvalue weighted by atomic mass is 15.2. The van der Waals surface area contributed by atoms with E-state index in [1.165, 1.54) is 10.8 Å². The van der Waals surface area contributed by atoms with Crippen molar-refractivity contribution in [1.29, 1.82) is 0 Å². The van der Waals surface area contributed by atoms with Gasteiger partial charge in [0.2, 0.25) is 5.95 Å². The summed E-state index contributed by atoms with van der Waals surface area (Å²) in [4.78, 5) is 15.7. The Labute approximate surface area is 263 Å². The Kier molecular flexibility index (Phi) is 5.22. The molecule has 0 spiro atoms. The molecule has 6 aromatic carbocycles. The third-order valence-corrected chi connectivity index (χ3v) is 9.15. The lowest BCUT2D eigenvalue weighted by atomic mass is 10.1. The fourth-order valence-corrected chi connectivity index (χ4v) is 7.19. The molecule has 0 aliphatic heterocycles. The fraction of sp³-hybridized carbons (Fsp3) is 0. The first kappa shape index (κ1) is 25.0. The fourth-order valence-electron chi connectivity index (χ4n) is 7.19. The van der Waals surface area contributed by atoms with Crippen LogP contribution in [-0.4, -0.2) is 24.1 Å². The van der Waals surface area contributed by atoms with Gasteiger partial charge in [-0.25, -0.2) is 9.97 Å². The van der Waals surface area contributed by atoms with Crippen molar-refractivity contribution >= 4 is 65.4 Å². The zero-order valence-electron chi connectivity index (χ0n) is 24.7. The maximum atomic E-state index is 5.31. The highest BCUT2D eigenvalue weighted by Crippen LogP contribution is 2.41. The minimum atomic E-state index is 0.639. The van der Waals surface area contributed by atoms with Crippen LogP contribution in [0.15, 0.2) is 152 Å². The SMILES string of the molecule is c1ccc(-c2nc(-n3c4ccccc4c4cnc5c(ccc6c7ccccc7n(-c7ccccc7)c65)c43)nc3ccccc23)cc1. The average molecular weight is 588 g/mol. The molecule has 0 aliphatic carbocycles. The molecule has 10 aromatic rings. The van der Waals surface area contributed by atoms with E-state index in [1.54, 1.807) is 0 Å². The second-order valence-electron chi connectivity index (χ2n) is 11.7. The van der Waals surface area contributed by atoms with Gasteiger partial charge in [0, 0.05) is 49.8 Å². The molecule has 4 heterocycles. The van der Waals surface area contributed by atoms with Gasteiger partial charge in [0.15, 0.2) is 0 Å². The summed E-state index contributed by atoms with van der Waals surface area (Å²) < 4.78 is 4.58. The summed E-state index contributed by atoms with van der Waals surface area (Å²) in [5.41, 5.74) is 9.27. The largest absolute Gasteiger partial charge is 0.307 e. The van der Waals surface area contributed by atoms with Crippen LogP contribution in [0.5, 0.6) is 0 Å². The zero-order valence-corrected chi connectivity index (χ0v) is 24.7. The number of nitrogens with zero attached hydrogens (tertiary/aromatic N) is 5. The quantitative estimate of drug-likeness (QED) is 0.207. The molecule has 0 N–H and O–H groups in total. The van der Waals surface area contributed by atoms with Crippen molar-refractivity contribution in [1.82, 2.24) is 24.1 Å². The Balaban J connectivity index is 1.38. The minimum Gasteiger partial charge on any atom is -0.307 e. The molecular weight excluding hydrogens is 562 g/mol. The summed E-state index contributed by atoms with van der Waals surface area (Å²) in [5, 5.41) is 6.65.